The summed E-state index contributed by atoms with van der Waals surface area (Å²) in [6.07, 6.45) is 0.0766. The second kappa shape index (κ2) is 2.82. The molecule has 1 aliphatic rings. The Labute approximate surface area is 75.6 Å². The zero-order chi connectivity index (χ0) is 9.42. The Hall–Kier alpha value is -1.40. The van der Waals surface area contributed by atoms with Gasteiger partial charge in [0.25, 0.3) is 0 Å². The van der Waals surface area contributed by atoms with Crippen molar-refractivity contribution in [2.75, 3.05) is 6.61 Å². The van der Waals surface area contributed by atoms with Crippen molar-refractivity contribution in [1.29, 1.82) is 5.26 Å². The minimum atomic E-state index is -0.454. The molecule has 0 saturated carbocycles. The van der Waals surface area contributed by atoms with E-state index in [1.807, 2.05) is 6.07 Å². The van der Waals surface area contributed by atoms with Crippen molar-refractivity contribution in [2.45, 2.75) is 13.0 Å². The first-order chi connectivity index (χ1) is 6.24. The monoisotopic (exact) mass is 177 g/mol. The molecule has 13 heavy (non-hydrogen) atoms. The summed E-state index contributed by atoms with van der Waals surface area (Å²) < 4.78 is 18.1. The second-order valence-corrected chi connectivity index (χ2v) is 3.07. The van der Waals surface area contributed by atoms with Crippen molar-refractivity contribution in [2.24, 2.45) is 0 Å². The predicted molar refractivity (Wildman–Crippen MR) is 44.5 cm³/mol. The fourth-order valence-corrected chi connectivity index (χ4v) is 1.41. The van der Waals surface area contributed by atoms with Crippen LogP contribution in [0.1, 0.15) is 22.8 Å². The molecule has 1 heterocycles. The third kappa shape index (κ3) is 1.30. The van der Waals surface area contributed by atoms with Gasteiger partial charge in [0.2, 0.25) is 0 Å². The highest BCUT2D eigenvalue weighted by molar-refractivity contribution is 5.44. The maximum absolute atomic E-state index is 13.1. The number of hydrogen-bond acceptors (Lipinski definition) is 2. The second-order valence-electron chi connectivity index (χ2n) is 3.07. The van der Waals surface area contributed by atoms with Gasteiger partial charge >= 0.3 is 0 Å². The third-order valence-corrected chi connectivity index (χ3v) is 2.25. The first-order valence-electron chi connectivity index (χ1n) is 4.04. The highest BCUT2D eigenvalue weighted by atomic mass is 19.1. The fourth-order valence-electron chi connectivity index (χ4n) is 1.41. The van der Waals surface area contributed by atoms with Crippen LogP contribution in [0.25, 0.3) is 0 Å². The van der Waals surface area contributed by atoms with Gasteiger partial charge in [-0.1, -0.05) is 6.07 Å². The highest BCUT2D eigenvalue weighted by Gasteiger charge is 2.27. The van der Waals surface area contributed by atoms with E-state index >= 15 is 0 Å². The number of nitriles is 1. The maximum Gasteiger partial charge on any atom is 0.141 e. The van der Waals surface area contributed by atoms with Crippen LogP contribution >= 0.6 is 0 Å². The van der Waals surface area contributed by atoms with E-state index in [2.05, 4.69) is 0 Å². The summed E-state index contributed by atoms with van der Waals surface area (Å²) in [6, 6.07) is 4.86. The van der Waals surface area contributed by atoms with Crippen LogP contribution in [0.2, 0.25) is 0 Å². The summed E-state index contributed by atoms with van der Waals surface area (Å²) in [5.74, 6) is -0.454. The Kier molecular flexibility index (Phi) is 1.78. The van der Waals surface area contributed by atoms with Crippen LogP contribution in [0, 0.1) is 24.1 Å². The van der Waals surface area contributed by atoms with Crippen molar-refractivity contribution in [3.05, 3.63) is 34.6 Å². The van der Waals surface area contributed by atoms with Gasteiger partial charge in [-0.2, -0.15) is 5.26 Å². The van der Waals surface area contributed by atoms with E-state index in [0.29, 0.717) is 12.2 Å². The molecule has 1 aromatic rings. The molecular formula is C10H8FNO. The van der Waals surface area contributed by atoms with E-state index in [-0.39, 0.29) is 11.7 Å². The predicted octanol–water partition coefficient (Wildman–Crippen LogP) is 2.08. The van der Waals surface area contributed by atoms with Gasteiger partial charge in [-0.05, 0) is 24.1 Å². The molecule has 1 aromatic carbocycles. The van der Waals surface area contributed by atoms with Crippen LogP contribution in [-0.2, 0) is 4.74 Å². The molecule has 0 amide bonds. The van der Waals surface area contributed by atoms with Gasteiger partial charge in [0, 0.05) is 0 Å². The van der Waals surface area contributed by atoms with E-state index < -0.39 is 5.82 Å². The number of epoxide rings is 1. The van der Waals surface area contributed by atoms with Gasteiger partial charge in [0.15, 0.2) is 0 Å². The molecular weight excluding hydrogens is 169 g/mol. The van der Waals surface area contributed by atoms with Crippen LogP contribution in [0.4, 0.5) is 4.39 Å². The van der Waals surface area contributed by atoms with E-state index in [1.54, 1.807) is 13.0 Å². The molecule has 0 unspecified atom stereocenters. The van der Waals surface area contributed by atoms with Crippen LogP contribution in [0.3, 0.4) is 0 Å². The Morgan fingerprint density at radius 1 is 1.62 bits per heavy atom. The van der Waals surface area contributed by atoms with Crippen LogP contribution in [0.5, 0.6) is 0 Å². The number of ether oxygens (including phenoxy) is 1. The maximum atomic E-state index is 13.1. The van der Waals surface area contributed by atoms with Gasteiger partial charge in [0.05, 0.1) is 12.2 Å². The molecule has 0 bridgehead atoms. The van der Waals surface area contributed by atoms with Crippen LogP contribution in [0.15, 0.2) is 12.1 Å². The molecule has 2 nitrogen and oxygen atoms in total. The van der Waals surface area contributed by atoms with Crippen molar-refractivity contribution >= 4 is 0 Å². The summed E-state index contributed by atoms with van der Waals surface area (Å²) in [7, 11) is 0. The molecule has 0 radical (unpaired) electrons. The molecule has 1 aliphatic heterocycles. The Morgan fingerprint density at radius 2 is 2.31 bits per heavy atom. The van der Waals surface area contributed by atoms with E-state index in [9.17, 15) is 4.39 Å². The number of halogens is 1. The van der Waals surface area contributed by atoms with Gasteiger partial charge < -0.3 is 4.74 Å². The molecule has 1 fully saturated rings. The Bertz CT molecular complexity index is 391. The molecule has 1 atom stereocenters. The summed E-state index contributed by atoms with van der Waals surface area (Å²) >= 11 is 0. The van der Waals surface area contributed by atoms with Crippen molar-refractivity contribution in [3.8, 4) is 6.07 Å². The van der Waals surface area contributed by atoms with Gasteiger partial charge in [0.1, 0.15) is 18.0 Å². The van der Waals surface area contributed by atoms with Gasteiger partial charge in [-0.25, -0.2) is 4.39 Å². The van der Waals surface area contributed by atoms with Crippen molar-refractivity contribution in [3.63, 3.8) is 0 Å². The molecule has 0 spiro atoms. The minimum absolute atomic E-state index is 0.0766. The lowest BCUT2D eigenvalue weighted by Crippen LogP contribution is -1.94. The molecule has 0 aromatic heterocycles. The highest BCUT2D eigenvalue weighted by Crippen LogP contribution is 2.33. The lowest BCUT2D eigenvalue weighted by atomic mass is 10.0. The average Bonchev–Trinajstić information content (AvgIpc) is 2.88. The first kappa shape index (κ1) is 8.21. The minimum Gasteiger partial charge on any atom is -0.368 e. The Balaban J connectivity index is 2.56. The number of rotatable bonds is 1. The van der Waals surface area contributed by atoms with Gasteiger partial charge in [-0.3, -0.25) is 0 Å². The van der Waals surface area contributed by atoms with E-state index in [1.165, 1.54) is 6.07 Å². The zero-order valence-corrected chi connectivity index (χ0v) is 7.17. The zero-order valence-electron chi connectivity index (χ0n) is 7.17. The summed E-state index contributed by atoms with van der Waals surface area (Å²) in [5.41, 5.74) is 1.76. The fraction of sp³-hybridized carbons (Fsp3) is 0.300. The lowest BCUT2D eigenvalue weighted by molar-refractivity contribution is 0.414. The van der Waals surface area contributed by atoms with Crippen LogP contribution in [-0.4, -0.2) is 6.61 Å². The van der Waals surface area contributed by atoms with Gasteiger partial charge in [-0.15, -0.1) is 0 Å². The molecule has 66 valence electrons. The van der Waals surface area contributed by atoms with E-state index in [4.69, 9.17) is 10.00 Å². The SMILES string of the molecule is Cc1c([C@@H]2CO2)ccc(F)c1C#N. The standard InChI is InChI=1S/C10H8FNO/c1-6-7(10-5-13-10)2-3-9(11)8(6)4-12/h2-3,10H,5H2,1H3/t10-/m0/s1. The Morgan fingerprint density at radius 3 is 2.85 bits per heavy atom. The third-order valence-electron chi connectivity index (χ3n) is 2.25. The lowest BCUT2D eigenvalue weighted by Gasteiger charge is -2.04. The van der Waals surface area contributed by atoms with E-state index in [0.717, 1.165) is 5.56 Å². The summed E-state index contributed by atoms with van der Waals surface area (Å²) in [4.78, 5) is 0. The number of benzene rings is 1. The first-order valence-corrected chi connectivity index (χ1v) is 4.04. The summed E-state index contributed by atoms with van der Waals surface area (Å²) in [6.45, 7) is 2.43. The normalized spacial score (nSPS) is 19.6. The largest absolute Gasteiger partial charge is 0.368 e. The molecule has 0 aliphatic carbocycles. The van der Waals surface area contributed by atoms with Crippen molar-refractivity contribution in [1.82, 2.24) is 0 Å². The average molecular weight is 177 g/mol. The molecule has 0 N–H and O–H groups in total. The van der Waals surface area contributed by atoms with Crippen LogP contribution < -0.4 is 0 Å². The van der Waals surface area contributed by atoms with Crippen molar-refractivity contribution < 1.29 is 9.13 Å². The molecule has 1 saturated heterocycles. The number of hydrogen-bond donors (Lipinski definition) is 0. The molecule has 3 heteroatoms. The number of nitrogens with zero attached hydrogens (tertiary/aromatic N) is 1. The summed E-state index contributed by atoms with van der Waals surface area (Å²) in [5, 5.41) is 8.70. The topological polar surface area (TPSA) is 36.3 Å². The smallest absolute Gasteiger partial charge is 0.141 e. The molecule has 2 rings (SSSR count). The quantitative estimate of drug-likeness (QED) is 0.616.